The highest BCUT2D eigenvalue weighted by molar-refractivity contribution is 5.90. The molecule has 0 radical (unpaired) electrons. The van der Waals surface area contributed by atoms with Crippen LogP contribution in [0.15, 0.2) is 30.6 Å². The van der Waals surface area contributed by atoms with E-state index in [-0.39, 0.29) is 12.1 Å². The SMILES string of the molecule is CCOC(=O)c1c[nH]c(-c2ccc(OC3CN(C)C3)cn2)c1. The number of carbonyl (C=O) groups is 1. The second-order valence-corrected chi connectivity index (χ2v) is 5.36. The number of aromatic nitrogens is 2. The standard InChI is InChI=1S/C16H19N3O3/c1-3-21-16(20)11-6-15(17-7-11)14-5-4-12(8-18-14)22-13-9-19(2)10-13/h4-8,13,17H,3,9-10H2,1-2H3. The number of aromatic amines is 1. The Labute approximate surface area is 129 Å². The average Bonchev–Trinajstić information content (AvgIpc) is 2.97. The van der Waals surface area contributed by atoms with Gasteiger partial charge in [0.1, 0.15) is 11.9 Å². The maximum absolute atomic E-state index is 11.6. The number of nitrogens with one attached hydrogen (secondary N) is 1. The normalized spacial score (nSPS) is 15.4. The molecule has 1 aliphatic heterocycles. The molecule has 0 unspecified atom stereocenters. The van der Waals surface area contributed by atoms with E-state index in [0.29, 0.717) is 12.2 Å². The zero-order valence-corrected chi connectivity index (χ0v) is 12.7. The topological polar surface area (TPSA) is 67.5 Å². The number of hydrogen-bond acceptors (Lipinski definition) is 5. The first-order valence-electron chi connectivity index (χ1n) is 7.33. The number of likely N-dealkylation sites (tertiary alicyclic amines) is 1. The first-order chi connectivity index (χ1) is 10.7. The van der Waals surface area contributed by atoms with E-state index in [0.717, 1.165) is 30.2 Å². The predicted molar refractivity (Wildman–Crippen MR) is 81.9 cm³/mol. The number of ether oxygens (including phenoxy) is 2. The summed E-state index contributed by atoms with van der Waals surface area (Å²) >= 11 is 0. The Morgan fingerprint density at radius 1 is 1.45 bits per heavy atom. The monoisotopic (exact) mass is 301 g/mol. The molecule has 1 saturated heterocycles. The van der Waals surface area contributed by atoms with Crippen molar-refractivity contribution in [3.63, 3.8) is 0 Å². The second-order valence-electron chi connectivity index (χ2n) is 5.36. The molecule has 0 atom stereocenters. The maximum atomic E-state index is 11.6. The third kappa shape index (κ3) is 3.12. The van der Waals surface area contributed by atoms with Gasteiger partial charge in [0.15, 0.2) is 0 Å². The third-order valence-electron chi connectivity index (χ3n) is 3.54. The zero-order valence-electron chi connectivity index (χ0n) is 12.7. The molecule has 2 aromatic rings. The van der Waals surface area contributed by atoms with E-state index in [1.54, 1.807) is 25.4 Å². The fourth-order valence-electron chi connectivity index (χ4n) is 2.39. The Morgan fingerprint density at radius 2 is 2.27 bits per heavy atom. The van der Waals surface area contributed by atoms with Gasteiger partial charge in [0.25, 0.3) is 0 Å². The summed E-state index contributed by atoms with van der Waals surface area (Å²) in [6.07, 6.45) is 3.58. The number of rotatable bonds is 5. The van der Waals surface area contributed by atoms with Gasteiger partial charge in [0.05, 0.1) is 29.8 Å². The second kappa shape index (κ2) is 6.19. The Balaban J connectivity index is 1.66. The van der Waals surface area contributed by atoms with Gasteiger partial charge < -0.3 is 14.5 Å². The number of H-pyrrole nitrogens is 1. The van der Waals surface area contributed by atoms with Crippen LogP contribution in [0.2, 0.25) is 0 Å². The van der Waals surface area contributed by atoms with E-state index >= 15 is 0 Å². The first kappa shape index (κ1) is 14.6. The molecule has 2 aromatic heterocycles. The van der Waals surface area contributed by atoms with E-state index in [4.69, 9.17) is 9.47 Å². The van der Waals surface area contributed by atoms with Crippen LogP contribution in [0.25, 0.3) is 11.4 Å². The molecule has 0 aliphatic carbocycles. The summed E-state index contributed by atoms with van der Waals surface area (Å²) < 4.78 is 10.8. The minimum absolute atomic E-state index is 0.249. The van der Waals surface area contributed by atoms with Crippen LogP contribution in [0.1, 0.15) is 17.3 Å². The zero-order chi connectivity index (χ0) is 15.5. The van der Waals surface area contributed by atoms with Crippen LogP contribution in [0.3, 0.4) is 0 Å². The molecule has 3 heterocycles. The molecule has 0 aromatic carbocycles. The Kier molecular flexibility index (Phi) is 4.11. The van der Waals surface area contributed by atoms with Gasteiger partial charge in [-0.3, -0.25) is 9.88 Å². The lowest BCUT2D eigenvalue weighted by molar-refractivity contribution is 0.0386. The minimum Gasteiger partial charge on any atom is -0.486 e. The van der Waals surface area contributed by atoms with Crippen LogP contribution in [-0.4, -0.2) is 53.7 Å². The van der Waals surface area contributed by atoms with Gasteiger partial charge in [-0.05, 0) is 32.2 Å². The van der Waals surface area contributed by atoms with Crippen LogP contribution < -0.4 is 4.74 Å². The molecule has 6 nitrogen and oxygen atoms in total. The summed E-state index contributed by atoms with van der Waals surface area (Å²) in [5, 5.41) is 0. The molecular formula is C16H19N3O3. The summed E-state index contributed by atoms with van der Waals surface area (Å²) in [5.41, 5.74) is 2.03. The van der Waals surface area contributed by atoms with Gasteiger partial charge in [-0.25, -0.2) is 4.79 Å². The lowest BCUT2D eigenvalue weighted by Crippen LogP contribution is -2.51. The third-order valence-corrected chi connectivity index (χ3v) is 3.54. The van der Waals surface area contributed by atoms with Crippen LogP contribution in [0.4, 0.5) is 0 Å². The van der Waals surface area contributed by atoms with Crippen LogP contribution in [0, 0.1) is 0 Å². The van der Waals surface area contributed by atoms with Crippen LogP contribution >= 0.6 is 0 Å². The smallest absolute Gasteiger partial charge is 0.339 e. The van der Waals surface area contributed by atoms with Gasteiger partial charge in [-0.15, -0.1) is 0 Å². The molecule has 6 heteroatoms. The van der Waals surface area contributed by atoms with Crippen molar-refractivity contribution in [2.24, 2.45) is 0 Å². The quantitative estimate of drug-likeness (QED) is 0.855. The van der Waals surface area contributed by atoms with Crippen molar-refractivity contribution < 1.29 is 14.3 Å². The number of carbonyl (C=O) groups excluding carboxylic acids is 1. The largest absolute Gasteiger partial charge is 0.486 e. The van der Waals surface area contributed by atoms with Crippen molar-refractivity contribution in [2.45, 2.75) is 13.0 Å². The summed E-state index contributed by atoms with van der Waals surface area (Å²) in [6.45, 7) is 4.04. The number of likely N-dealkylation sites (N-methyl/N-ethyl adjacent to an activating group) is 1. The average molecular weight is 301 g/mol. The molecular weight excluding hydrogens is 282 g/mol. The Hall–Kier alpha value is -2.34. The van der Waals surface area contributed by atoms with Gasteiger partial charge in [-0.1, -0.05) is 0 Å². The molecule has 116 valence electrons. The predicted octanol–water partition coefficient (Wildman–Crippen LogP) is 1.95. The lowest BCUT2D eigenvalue weighted by Gasteiger charge is -2.35. The summed E-state index contributed by atoms with van der Waals surface area (Å²) in [5.74, 6) is 0.429. The van der Waals surface area contributed by atoms with Crippen molar-refractivity contribution in [3.05, 3.63) is 36.2 Å². The van der Waals surface area contributed by atoms with Crippen molar-refractivity contribution in [3.8, 4) is 17.1 Å². The molecule has 0 amide bonds. The van der Waals surface area contributed by atoms with Crippen molar-refractivity contribution >= 4 is 5.97 Å². The van der Waals surface area contributed by atoms with Gasteiger partial charge >= 0.3 is 5.97 Å². The van der Waals surface area contributed by atoms with E-state index in [2.05, 4.69) is 21.9 Å². The highest BCUT2D eigenvalue weighted by atomic mass is 16.5. The van der Waals surface area contributed by atoms with Crippen molar-refractivity contribution in [1.82, 2.24) is 14.9 Å². The maximum Gasteiger partial charge on any atom is 0.339 e. The van der Waals surface area contributed by atoms with E-state index < -0.39 is 0 Å². The van der Waals surface area contributed by atoms with E-state index in [9.17, 15) is 4.79 Å². The van der Waals surface area contributed by atoms with Gasteiger partial charge in [-0.2, -0.15) is 0 Å². The molecule has 1 aliphatic rings. The first-order valence-corrected chi connectivity index (χ1v) is 7.33. The number of hydrogen-bond donors (Lipinski definition) is 1. The van der Waals surface area contributed by atoms with Crippen LogP contribution in [-0.2, 0) is 4.74 Å². The summed E-state index contributed by atoms with van der Waals surface area (Å²) in [4.78, 5) is 21.3. The number of nitrogens with zero attached hydrogens (tertiary/aromatic N) is 2. The Bertz CT molecular complexity index is 645. The van der Waals surface area contributed by atoms with Gasteiger partial charge in [0, 0.05) is 19.3 Å². The van der Waals surface area contributed by atoms with E-state index in [1.165, 1.54) is 0 Å². The molecule has 0 bridgehead atoms. The molecule has 1 fully saturated rings. The lowest BCUT2D eigenvalue weighted by atomic mass is 10.2. The number of esters is 1. The van der Waals surface area contributed by atoms with Crippen molar-refractivity contribution in [1.29, 1.82) is 0 Å². The van der Waals surface area contributed by atoms with E-state index in [1.807, 2.05) is 12.1 Å². The fourth-order valence-corrected chi connectivity index (χ4v) is 2.39. The Morgan fingerprint density at radius 3 is 2.91 bits per heavy atom. The molecule has 0 spiro atoms. The highest BCUT2D eigenvalue weighted by Crippen LogP contribution is 2.21. The molecule has 0 saturated carbocycles. The van der Waals surface area contributed by atoms with Crippen LogP contribution in [0.5, 0.6) is 5.75 Å². The molecule has 1 N–H and O–H groups in total. The fraction of sp³-hybridized carbons (Fsp3) is 0.375. The molecule has 22 heavy (non-hydrogen) atoms. The number of pyridine rings is 1. The summed E-state index contributed by atoms with van der Waals surface area (Å²) in [7, 11) is 2.06. The van der Waals surface area contributed by atoms with Crippen molar-refractivity contribution in [2.75, 3.05) is 26.7 Å². The highest BCUT2D eigenvalue weighted by Gasteiger charge is 2.24. The van der Waals surface area contributed by atoms with Gasteiger partial charge in [0.2, 0.25) is 0 Å². The summed E-state index contributed by atoms with van der Waals surface area (Å²) in [6, 6.07) is 5.51. The molecule has 3 rings (SSSR count). The minimum atomic E-state index is -0.334.